The maximum Gasteiger partial charge on any atom is 0.237 e. The average molecular weight is 381 g/mol. The van der Waals surface area contributed by atoms with Gasteiger partial charge in [-0.15, -0.1) is 0 Å². The Balaban J connectivity index is 1.45. The molecule has 1 fully saturated rings. The van der Waals surface area contributed by atoms with Crippen molar-refractivity contribution in [3.63, 3.8) is 0 Å². The number of aromatic nitrogens is 2. The minimum absolute atomic E-state index is 0.0777. The Bertz CT molecular complexity index is 773. The second-order valence-corrected chi connectivity index (χ2v) is 6.79. The molecular weight excluding hydrogens is 354 g/mol. The Morgan fingerprint density at radius 2 is 2.14 bits per heavy atom. The maximum atomic E-state index is 12.3. The fraction of sp³-hybridized carbons (Fsp3) is 0.381. The Morgan fingerprint density at radius 3 is 2.93 bits per heavy atom. The number of aryl methyl sites for hydroxylation is 1. The van der Waals surface area contributed by atoms with Crippen LogP contribution in [-0.4, -0.2) is 58.7 Å². The number of amides is 2. The molecule has 1 aromatic heterocycles. The van der Waals surface area contributed by atoms with E-state index in [9.17, 15) is 9.59 Å². The predicted molar refractivity (Wildman–Crippen MR) is 108 cm³/mol. The minimum Gasteiger partial charge on any atom is -0.356 e. The molecule has 0 unspecified atom stereocenters. The van der Waals surface area contributed by atoms with Gasteiger partial charge in [0.15, 0.2) is 0 Å². The van der Waals surface area contributed by atoms with Gasteiger partial charge >= 0.3 is 0 Å². The first-order chi connectivity index (χ1) is 13.7. The zero-order chi connectivity index (χ0) is 19.6. The van der Waals surface area contributed by atoms with Gasteiger partial charge in [-0.2, -0.15) is 5.10 Å². The fourth-order valence-corrected chi connectivity index (χ4v) is 3.24. The highest BCUT2D eigenvalue weighted by molar-refractivity contribution is 5.88. The normalized spacial score (nSPS) is 17.6. The van der Waals surface area contributed by atoms with Crippen molar-refractivity contribution in [2.45, 2.75) is 25.4 Å². The van der Waals surface area contributed by atoms with Gasteiger partial charge in [0, 0.05) is 45.1 Å². The van der Waals surface area contributed by atoms with E-state index in [4.69, 9.17) is 0 Å². The lowest BCUT2D eigenvalue weighted by molar-refractivity contribution is -0.133. The number of carbonyl (C=O) groups excluding carboxylic acids is 2. The molecule has 2 N–H and O–H groups in total. The van der Waals surface area contributed by atoms with Crippen LogP contribution < -0.4 is 10.6 Å². The summed E-state index contributed by atoms with van der Waals surface area (Å²) in [7, 11) is 0. The molecule has 1 aliphatic heterocycles. The molecular formula is C21H27N5O2. The van der Waals surface area contributed by atoms with Crippen LogP contribution in [0.25, 0.3) is 6.08 Å². The Hall–Kier alpha value is -2.93. The lowest BCUT2D eigenvalue weighted by Gasteiger charge is -2.33. The summed E-state index contributed by atoms with van der Waals surface area (Å²) < 4.78 is 1.83. The number of rotatable bonds is 9. The van der Waals surface area contributed by atoms with Crippen molar-refractivity contribution >= 4 is 17.9 Å². The van der Waals surface area contributed by atoms with Gasteiger partial charge in [0.1, 0.15) is 0 Å². The molecule has 2 aromatic rings. The molecule has 1 atom stereocenters. The SMILES string of the molecule is O=C(C[C@@H]1C(=O)NCCN1C/C=C/c1ccccc1)NCCCn1cccn1. The van der Waals surface area contributed by atoms with Crippen LogP contribution in [-0.2, 0) is 16.1 Å². The Morgan fingerprint density at radius 1 is 1.29 bits per heavy atom. The van der Waals surface area contributed by atoms with Gasteiger partial charge in [-0.25, -0.2) is 0 Å². The first kappa shape index (κ1) is 19.8. The molecule has 2 heterocycles. The van der Waals surface area contributed by atoms with Crippen LogP contribution in [0.2, 0.25) is 0 Å². The van der Waals surface area contributed by atoms with Crippen molar-refractivity contribution in [3.05, 3.63) is 60.4 Å². The number of hydrogen-bond acceptors (Lipinski definition) is 4. The van der Waals surface area contributed by atoms with E-state index >= 15 is 0 Å². The number of benzene rings is 1. The third-order valence-electron chi connectivity index (χ3n) is 4.72. The summed E-state index contributed by atoms with van der Waals surface area (Å²) in [6, 6.07) is 11.5. The van der Waals surface area contributed by atoms with Crippen LogP contribution in [0.3, 0.4) is 0 Å². The minimum atomic E-state index is -0.430. The monoisotopic (exact) mass is 381 g/mol. The van der Waals surface area contributed by atoms with E-state index in [2.05, 4.69) is 20.6 Å². The Labute approximate surface area is 165 Å². The zero-order valence-electron chi connectivity index (χ0n) is 16.0. The molecule has 1 saturated heterocycles. The first-order valence-corrected chi connectivity index (χ1v) is 9.70. The molecule has 28 heavy (non-hydrogen) atoms. The fourth-order valence-electron chi connectivity index (χ4n) is 3.24. The van der Waals surface area contributed by atoms with Gasteiger partial charge in [0.2, 0.25) is 11.8 Å². The molecule has 148 valence electrons. The highest BCUT2D eigenvalue weighted by Gasteiger charge is 2.30. The second-order valence-electron chi connectivity index (χ2n) is 6.79. The van der Waals surface area contributed by atoms with Gasteiger partial charge in [-0.1, -0.05) is 42.5 Å². The van der Waals surface area contributed by atoms with E-state index in [0.29, 0.717) is 19.6 Å². The van der Waals surface area contributed by atoms with Crippen molar-refractivity contribution in [3.8, 4) is 0 Å². The second kappa shape index (κ2) is 10.4. The summed E-state index contributed by atoms with van der Waals surface area (Å²) in [6.07, 6.45) is 8.69. The third kappa shape index (κ3) is 6.06. The molecule has 0 bridgehead atoms. The van der Waals surface area contributed by atoms with Gasteiger partial charge < -0.3 is 10.6 Å². The van der Waals surface area contributed by atoms with Crippen molar-refractivity contribution in [1.29, 1.82) is 0 Å². The van der Waals surface area contributed by atoms with E-state index in [1.54, 1.807) is 6.20 Å². The smallest absolute Gasteiger partial charge is 0.237 e. The summed E-state index contributed by atoms with van der Waals surface area (Å²) in [6.45, 7) is 3.32. The van der Waals surface area contributed by atoms with Gasteiger partial charge in [-0.3, -0.25) is 19.2 Å². The summed E-state index contributed by atoms with van der Waals surface area (Å²) in [5.74, 6) is -0.175. The van der Waals surface area contributed by atoms with E-state index in [1.165, 1.54) is 0 Å². The lowest BCUT2D eigenvalue weighted by Crippen LogP contribution is -2.56. The molecule has 3 rings (SSSR count). The molecule has 7 nitrogen and oxygen atoms in total. The number of nitrogens with zero attached hydrogens (tertiary/aromatic N) is 3. The molecule has 0 spiro atoms. The van der Waals surface area contributed by atoms with E-state index in [0.717, 1.165) is 25.1 Å². The summed E-state index contributed by atoms with van der Waals surface area (Å²) in [5, 5.41) is 9.91. The predicted octanol–water partition coefficient (Wildman–Crippen LogP) is 1.29. The summed E-state index contributed by atoms with van der Waals surface area (Å²) in [5.41, 5.74) is 1.12. The zero-order valence-corrected chi connectivity index (χ0v) is 16.0. The molecule has 1 aromatic carbocycles. The van der Waals surface area contributed by atoms with E-state index in [1.807, 2.05) is 59.4 Å². The van der Waals surface area contributed by atoms with Crippen molar-refractivity contribution in [2.24, 2.45) is 0 Å². The number of nitrogens with one attached hydrogen (secondary N) is 2. The van der Waals surface area contributed by atoms with Crippen LogP contribution >= 0.6 is 0 Å². The molecule has 1 aliphatic rings. The Kier molecular flexibility index (Phi) is 7.37. The van der Waals surface area contributed by atoms with Crippen molar-refractivity contribution < 1.29 is 9.59 Å². The van der Waals surface area contributed by atoms with E-state index in [-0.39, 0.29) is 18.2 Å². The molecule has 7 heteroatoms. The largest absolute Gasteiger partial charge is 0.356 e. The van der Waals surface area contributed by atoms with Gasteiger partial charge in [0.05, 0.1) is 12.5 Å². The van der Waals surface area contributed by atoms with Crippen LogP contribution in [0, 0.1) is 0 Å². The summed E-state index contributed by atoms with van der Waals surface area (Å²) in [4.78, 5) is 26.6. The van der Waals surface area contributed by atoms with Crippen LogP contribution in [0.1, 0.15) is 18.4 Å². The number of hydrogen-bond donors (Lipinski definition) is 2. The van der Waals surface area contributed by atoms with E-state index < -0.39 is 6.04 Å². The number of piperazine rings is 1. The average Bonchev–Trinajstić information content (AvgIpc) is 3.22. The third-order valence-corrected chi connectivity index (χ3v) is 4.72. The van der Waals surface area contributed by atoms with Crippen molar-refractivity contribution in [2.75, 3.05) is 26.2 Å². The molecule has 0 saturated carbocycles. The first-order valence-electron chi connectivity index (χ1n) is 9.70. The maximum absolute atomic E-state index is 12.3. The quantitative estimate of drug-likeness (QED) is 0.642. The van der Waals surface area contributed by atoms with Crippen LogP contribution in [0.4, 0.5) is 0 Å². The topological polar surface area (TPSA) is 79.3 Å². The summed E-state index contributed by atoms with van der Waals surface area (Å²) >= 11 is 0. The number of carbonyl (C=O) groups is 2. The molecule has 0 radical (unpaired) electrons. The lowest BCUT2D eigenvalue weighted by atomic mass is 10.1. The highest BCUT2D eigenvalue weighted by Crippen LogP contribution is 2.10. The van der Waals surface area contributed by atoms with Gasteiger partial charge in [0.25, 0.3) is 0 Å². The molecule has 2 amide bonds. The highest BCUT2D eigenvalue weighted by atomic mass is 16.2. The van der Waals surface area contributed by atoms with Crippen molar-refractivity contribution in [1.82, 2.24) is 25.3 Å². The standard InChI is InChI=1S/C21H27N5O2/c27-20(22-10-5-14-26-15-6-11-24-26)17-19-21(28)23-12-16-25(19)13-4-9-18-7-2-1-3-8-18/h1-4,6-9,11,15,19H,5,10,12-14,16-17H2,(H,22,27)(H,23,28)/b9-4+/t19-/m1/s1. The van der Waals surface area contributed by atoms with Crippen LogP contribution in [0.15, 0.2) is 54.9 Å². The van der Waals surface area contributed by atoms with Gasteiger partial charge in [-0.05, 0) is 18.1 Å². The molecule has 0 aliphatic carbocycles. The van der Waals surface area contributed by atoms with Crippen LogP contribution in [0.5, 0.6) is 0 Å².